The van der Waals surface area contributed by atoms with Crippen LogP contribution in [0.1, 0.15) is 27.0 Å². The summed E-state index contributed by atoms with van der Waals surface area (Å²) in [6.45, 7) is 5.99. The van der Waals surface area contributed by atoms with E-state index >= 15 is 0 Å². The Morgan fingerprint density at radius 1 is 0.465 bits per heavy atom. The van der Waals surface area contributed by atoms with Gasteiger partial charge in [0, 0.05) is 110 Å². The highest BCUT2D eigenvalue weighted by Gasteiger charge is 2.11. The van der Waals surface area contributed by atoms with E-state index in [0.717, 1.165) is 61.8 Å². The normalized spacial score (nSPS) is 10.4. The second-order valence-corrected chi connectivity index (χ2v) is 16.2. The summed E-state index contributed by atoms with van der Waals surface area (Å²) in [7, 11) is 0. The van der Waals surface area contributed by atoms with Crippen LogP contribution in [-0.2, 0) is 4.79 Å². The summed E-state index contributed by atoms with van der Waals surface area (Å²) in [5.41, 5.74) is 13.6. The number of amides is 2. The van der Waals surface area contributed by atoms with Gasteiger partial charge in [-0.15, -0.1) is 0 Å². The third-order valence-corrected chi connectivity index (χ3v) is 11.1. The van der Waals surface area contributed by atoms with Crippen molar-refractivity contribution in [2.24, 2.45) is 0 Å². The van der Waals surface area contributed by atoms with Gasteiger partial charge in [0.05, 0.1) is 11.0 Å². The van der Waals surface area contributed by atoms with Crippen LogP contribution in [0.4, 0.5) is 65.7 Å². The van der Waals surface area contributed by atoms with Gasteiger partial charge in [-0.2, -0.15) is 0 Å². The summed E-state index contributed by atoms with van der Waals surface area (Å²) < 4.78 is 27.2. The van der Waals surface area contributed by atoms with Crippen LogP contribution in [0.15, 0.2) is 195 Å². The smallest absolute Gasteiger partial charge is 0.255 e. The molecule has 0 aliphatic carbocycles. The van der Waals surface area contributed by atoms with Crippen molar-refractivity contribution < 1.29 is 18.4 Å². The zero-order valence-electron chi connectivity index (χ0n) is 38.9. The van der Waals surface area contributed by atoms with Crippen molar-refractivity contribution in [1.29, 1.82) is 0 Å². The van der Waals surface area contributed by atoms with Crippen LogP contribution < -0.4 is 31.9 Å². The molecule has 10 aromatic rings. The number of hydrogen-bond acceptors (Lipinski definition) is 10. The lowest BCUT2D eigenvalue weighted by molar-refractivity contribution is -0.105. The highest BCUT2D eigenvalue weighted by molar-refractivity contribution is 6.05. The Kier molecular flexibility index (Phi) is 15.5. The fourth-order valence-electron chi connectivity index (χ4n) is 7.44. The molecular formula is C57H48F2N10O2. The Balaban J connectivity index is 0.000000158. The summed E-state index contributed by atoms with van der Waals surface area (Å²) >= 11 is 0. The second kappa shape index (κ2) is 23.0. The second-order valence-electron chi connectivity index (χ2n) is 16.2. The average molecular weight is 943 g/mol. The van der Waals surface area contributed by atoms with E-state index < -0.39 is 0 Å². The number of hydrogen-bond donors (Lipinski definition) is 6. The quantitative estimate of drug-likeness (QED) is 0.0651. The number of fused-ring (bicyclic) bond motifs is 2. The van der Waals surface area contributed by atoms with Gasteiger partial charge in [0.15, 0.2) is 0 Å². The minimum absolute atomic E-state index is 0.238. The van der Waals surface area contributed by atoms with Gasteiger partial charge in [0.25, 0.3) is 5.91 Å². The number of aryl methyl sites for hydroxylation is 2. The molecule has 4 aromatic heterocycles. The fourth-order valence-corrected chi connectivity index (χ4v) is 7.44. The molecule has 10 rings (SSSR count). The number of aromatic nitrogens is 4. The number of carbonyl (C=O) groups excluding carboxylic acids is 2. The monoisotopic (exact) mass is 942 g/mol. The largest absolute Gasteiger partial charge is 0.355 e. The number of carbonyl (C=O) groups is 2. The van der Waals surface area contributed by atoms with Gasteiger partial charge in [0.2, 0.25) is 6.41 Å². The molecule has 0 unspecified atom stereocenters. The Hall–Kier alpha value is -9.56. The van der Waals surface area contributed by atoms with Crippen LogP contribution in [0.25, 0.3) is 21.8 Å². The van der Waals surface area contributed by atoms with Crippen LogP contribution in [0.3, 0.4) is 0 Å². The highest BCUT2D eigenvalue weighted by atomic mass is 19.1. The number of nitrogens with one attached hydrogen (secondary N) is 6. The van der Waals surface area contributed by atoms with Gasteiger partial charge in [-0.3, -0.25) is 29.5 Å². The van der Waals surface area contributed by atoms with Crippen LogP contribution in [-0.4, -0.2) is 32.3 Å². The third kappa shape index (κ3) is 12.9. The predicted molar refractivity (Wildman–Crippen MR) is 283 cm³/mol. The number of benzene rings is 6. The molecule has 352 valence electrons. The lowest BCUT2D eigenvalue weighted by Crippen LogP contribution is -2.12. The van der Waals surface area contributed by atoms with Crippen molar-refractivity contribution in [2.75, 3.05) is 31.9 Å². The van der Waals surface area contributed by atoms with Gasteiger partial charge in [-0.1, -0.05) is 30.3 Å². The van der Waals surface area contributed by atoms with Gasteiger partial charge in [-0.25, -0.2) is 8.78 Å². The Morgan fingerprint density at radius 2 is 1.00 bits per heavy atom. The Labute approximate surface area is 409 Å². The molecule has 0 atom stereocenters. The molecule has 0 radical (unpaired) electrons. The molecule has 0 aliphatic heterocycles. The van der Waals surface area contributed by atoms with E-state index in [2.05, 4.69) is 51.8 Å². The maximum Gasteiger partial charge on any atom is 0.255 e. The van der Waals surface area contributed by atoms with Crippen LogP contribution in [0, 0.1) is 32.4 Å². The van der Waals surface area contributed by atoms with Gasteiger partial charge < -0.3 is 31.9 Å². The maximum absolute atomic E-state index is 13.8. The van der Waals surface area contributed by atoms with E-state index in [1.807, 2.05) is 118 Å². The summed E-state index contributed by atoms with van der Waals surface area (Å²) in [4.78, 5) is 40.0. The average Bonchev–Trinajstić information content (AvgIpc) is 3.38. The van der Waals surface area contributed by atoms with E-state index in [-0.39, 0.29) is 17.5 Å². The number of nitrogens with zero attached hydrogens (tertiary/aromatic N) is 4. The summed E-state index contributed by atoms with van der Waals surface area (Å²) in [6, 6.07) is 46.9. The molecule has 4 heterocycles. The van der Waals surface area contributed by atoms with E-state index in [1.54, 1.807) is 73.6 Å². The van der Waals surface area contributed by atoms with E-state index in [4.69, 9.17) is 0 Å². The van der Waals surface area contributed by atoms with Crippen LogP contribution in [0.2, 0.25) is 0 Å². The lowest BCUT2D eigenvalue weighted by Gasteiger charge is -2.13. The third-order valence-electron chi connectivity index (χ3n) is 11.1. The first-order valence-corrected chi connectivity index (χ1v) is 22.4. The topological polar surface area (TPSA) is 158 Å². The zero-order valence-corrected chi connectivity index (χ0v) is 38.9. The molecule has 0 saturated carbocycles. The van der Waals surface area contributed by atoms with Crippen molar-refractivity contribution in [3.63, 3.8) is 0 Å². The molecule has 6 aromatic carbocycles. The standard InChI is InChI=1S/C28H22FN5O.C16H13FN2.C13H13N3O/c1-18-5-7-23(17-27(18)32-21-9-12-30-13-10-21)34-28(35)19-3-2-4-22(15-19)33-26-11-14-31-25-8-6-20(29)16-24(25)26;1-11-3-2-4-13(9-11)19-16-7-8-18-15-6-5-12(17)10-14(15)16;1-10-12(15-9-17)3-2-4-13(10)16-11-5-7-14-8-6-11/h2-17H,1H3,(H,30,32)(H,31,33)(H,34,35);2-10H,1H3,(H,18,19);2-9H,1H3,(H,14,16)(H,15,17). The van der Waals surface area contributed by atoms with Crippen LogP contribution >= 0.6 is 0 Å². The molecule has 14 heteroatoms. The summed E-state index contributed by atoms with van der Waals surface area (Å²) in [5, 5.41) is 20.3. The number of halogens is 2. The molecule has 12 nitrogen and oxygen atoms in total. The zero-order chi connectivity index (χ0) is 49.5. The first-order chi connectivity index (χ1) is 34.6. The number of pyridine rings is 4. The molecule has 0 bridgehead atoms. The minimum Gasteiger partial charge on any atom is -0.355 e. The van der Waals surface area contributed by atoms with Crippen molar-refractivity contribution in [1.82, 2.24) is 19.9 Å². The Morgan fingerprint density at radius 3 is 1.59 bits per heavy atom. The SMILES string of the molecule is Cc1c(NC=O)cccc1Nc1ccncc1.Cc1ccc(NC(=O)c2cccc(Nc3ccnc4ccc(F)cc34)c2)cc1Nc1ccncc1.Cc1cccc(Nc2ccnc3ccc(F)cc23)c1. The minimum atomic E-state index is -0.336. The van der Waals surface area contributed by atoms with Gasteiger partial charge in [-0.05, 0) is 165 Å². The Bertz CT molecular complexity index is 3450. The first-order valence-electron chi connectivity index (χ1n) is 22.4. The molecule has 2 amide bonds. The van der Waals surface area contributed by atoms with Crippen molar-refractivity contribution in [3.05, 3.63) is 229 Å². The van der Waals surface area contributed by atoms with E-state index in [0.29, 0.717) is 39.9 Å². The lowest BCUT2D eigenvalue weighted by atomic mass is 10.1. The number of rotatable bonds is 12. The molecule has 6 N–H and O–H groups in total. The molecule has 0 spiro atoms. The molecule has 0 saturated heterocycles. The van der Waals surface area contributed by atoms with Gasteiger partial charge >= 0.3 is 0 Å². The van der Waals surface area contributed by atoms with Gasteiger partial charge in [0.1, 0.15) is 11.6 Å². The maximum atomic E-state index is 13.8. The number of anilines is 10. The highest BCUT2D eigenvalue weighted by Crippen LogP contribution is 2.30. The predicted octanol–water partition coefficient (Wildman–Crippen LogP) is 13.9. The van der Waals surface area contributed by atoms with E-state index in [1.165, 1.54) is 29.8 Å². The van der Waals surface area contributed by atoms with Crippen molar-refractivity contribution in [3.8, 4) is 0 Å². The summed E-state index contributed by atoms with van der Waals surface area (Å²) in [6.07, 6.45) is 11.0. The molecule has 71 heavy (non-hydrogen) atoms. The van der Waals surface area contributed by atoms with Crippen LogP contribution in [0.5, 0.6) is 0 Å². The molecule has 0 fully saturated rings. The van der Waals surface area contributed by atoms with E-state index in [9.17, 15) is 18.4 Å². The molecular weight excluding hydrogens is 895 g/mol. The fraction of sp³-hybridized carbons (Fsp3) is 0.0526. The van der Waals surface area contributed by atoms with Crippen molar-refractivity contribution >= 4 is 91.0 Å². The van der Waals surface area contributed by atoms with Crippen molar-refractivity contribution in [2.45, 2.75) is 20.8 Å². The molecule has 0 aliphatic rings. The summed E-state index contributed by atoms with van der Waals surface area (Å²) in [5.74, 6) is -0.830. The first kappa shape index (κ1) is 47.9.